The van der Waals surface area contributed by atoms with Crippen LogP contribution in [0.2, 0.25) is 0 Å². The van der Waals surface area contributed by atoms with Crippen molar-refractivity contribution in [3.05, 3.63) is 31.0 Å². The highest BCUT2D eigenvalue weighted by molar-refractivity contribution is 8.38. The Morgan fingerprint density at radius 2 is 2.12 bits per heavy atom. The highest BCUT2D eigenvalue weighted by Crippen LogP contribution is 2.16. The second-order valence-electron chi connectivity index (χ2n) is 2.97. The third-order valence-corrected chi connectivity index (χ3v) is 3.82. The van der Waals surface area contributed by atoms with Crippen LogP contribution in [0.25, 0.3) is 5.82 Å². The summed E-state index contributed by atoms with van der Waals surface area (Å²) in [6.07, 6.45) is 10.9. The first-order valence-corrected chi connectivity index (χ1v) is 7.26. The number of hydrogen-bond acceptors (Lipinski definition) is 6. The standard InChI is InChI=1S/C10H11N5S2/c1-16-10(17-2)14-9-12-4-3-8(13-9)15-6-5-11-7-15/h3-7H,1-2H3. The van der Waals surface area contributed by atoms with E-state index in [9.17, 15) is 0 Å². The number of rotatable bonds is 2. The van der Waals surface area contributed by atoms with Crippen molar-refractivity contribution in [2.75, 3.05) is 12.5 Å². The van der Waals surface area contributed by atoms with E-state index in [1.165, 1.54) is 0 Å². The Kier molecular flexibility index (Phi) is 4.16. The molecule has 0 atom stereocenters. The third-order valence-electron chi connectivity index (χ3n) is 1.94. The summed E-state index contributed by atoms with van der Waals surface area (Å²) >= 11 is 3.16. The summed E-state index contributed by atoms with van der Waals surface area (Å²) in [5.41, 5.74) is 0. The van der Waals surface area contributed by atoms with E-state index in [2.05, 4.69) is 19.9 Å². The van der Waals surface area contributed by atoms with Gasteiger partial charge in [-0.2, -0.15) is 9.98 Å². The second-order valence-corrected chi connectivity index (χ2v) is 4.82. The van der Waals surface area contributed by atoms with Crippen LogP contribution in [0.15, 0.2) is 36.0 Å². The highest BCUT2D eigenvalue weighted by atomic mass is 32.2. The normalized spacial score (nSPS) is 10.2. The van der Waals surface area contributed by atoms with Crippen LogP contribution in [0.5, 0.6) is 0 Å². The first-order chi connectivity index (χ1) is 8.33. The molecule has 0 aromatic carbocycles. The lowest BCUT2D eigenvalue weighted by Crippen LogP contribution is -1.95. The second kappa shape index (κ2) is 5.83. The van der Waals surface area contributed by atoms with Crippen LogP contribution in [-0.2, 0) is 0 Å². The van der Waals surface area contributed by atoms with E-state index in [-0.39, 0.29) is 0 Å². The van der Waals surface area contributed by atoms with Crippen LogP contribution in [0.4, 0.5) is 5.95 Å². The lowest BCUT2D eigenvalue weighted by atomic mass is 10.6. The smallest absolute Gasteiger partial charge is 0.252 e. The molecular weight excluding hydrogens is 254 g/mol. The average Bonchev–Trinajstić information content (AvgIpc) is 2.90. The SMILES string of the molecule is CSC(=Nc1nccc(-n2ccnc2)n1)SC. The Morgan fingerprint density at radius 3 is 2.76 bits per heavy atom. The molecule has 5 nitrogen and oxygen atoms in total. The van der Waals surface area contributed by atoms with E-state index in [1.54, 1.807) is 42.2 Å². The quantitative estimate of drug-likeness (QED) is 0.616. The minimum absolute atomic E-state index is 0.467. The van der Waals surface area contributed by atoms with Gasteiger partial charge >= 0.3 is 0 Å². The Hall–Kier alpha value is -1.34. The summed E-state index contributed by atoms with van der Waals surface area (Å²) < 4.78 is 2.76. The molecule has 0 spiro atoms. The molecule has 0 amide bonds. The van der Waals surface area contributed by atoms with E-state index in [4.69, 9.17) is 0 Å². The fourth-order valence-electron chi connectivity index (χ4n) is 1.19. The predicted molar refractivity (Wildman–Crippen MR) is 73.3 cm³/mol. The van der Waals surface area contributed by atoms with E-state index in [0.717, 1.165) is 10.2 Å². The maximum atomic E-state index is 4.35. The molecule has 0 radical (unpaired) electrons. The fraction of sp³-hybridized carbons (Fsp3) is 0.200. The van der Waals surface area contributed by atoms with Gasteiger partial charge in [-0.05, 0) is 18.6 Å². The van der Waals surface area contributed by atoms with Gasteiger partial charge in [0.25, 0.3) is 5.95 Å². The van der Waals surface area contributed by atoms with Crippen molar-refractivity contribution in [2.45, 2.75) is 0 Å². The van der Waals surface area contributed by atoms with Crippen LogP contribution in [-0.4, -0.2) is 36.4 Å². The zero-order valence-corrected chi connectivity index (χ0v) is 11.1. The van der Waals surface area contributed by atoms with Gasteiger partial charge in [0, 0.05) is 18.6 Å². The van der Waals surface area contributed by atoms with E-state index in [1.807, 2.05) is 29.3 Å². The molecule has 0 bridgehead atoms. The van der Waals surface area contributed by atoms with Gasteiger partial charge in [0.1, 0.15) is 16.5 Å². The van der Waals surface area contributed by atoms with Crippen LogP contribution in [0.3, 0.4) is 0 Å². The van der Waals surface area contributed by atoms with Gasteiger partial charge in [-0.1, -0.05) is 0 Å². The molecule has 0 fully saturated rings. The van der Waals surface area contributed by atoms with Gasteiger partial charge in [-0.3, -0.25) is 4.57 Å². The van der Waals surface area contributed by atoms with E-state index < -0.39 is 0 Å². The van der Waals surface area contributed by atoms with Crippen molar-refractivity contribution in [1.82, 2.24) is 19.5 Å². The number of aromatic nitrogens is 4. The minimum atomic E-state index is 0.467. The lowest BCUT2D eigenvalue weighted by Gasteiger charge is -2.01. The molecule has 2 aromatic heterocycles. The van der Waals surface area contributed by atoms with Crippen molar-refractivity contribution < 1.29 is 0 Å². The number of nitrogens with zero attached hydrogens (tertiary/aromatic N) is 5. The van der Waals surface area contributed by atoms with Crippen LogP contribution >= 0.6 is 23.5 Å². The summed E-state index contributed by atoms with van der Waals surface area (Å²) in [6, 6.07) is 1.82. The third kappa shape index (κ3) is 3.07. The largest absolute Gasteiger partial charge is 0.290 e. The van der Waals surface area contributed by atoms with Crippen molar-refractivity contribution in [2.24, 2.45) is 4.99 Å². The molecule has 2 rings (SSSR count). The molecule has 0 saturated carbocycles. The summed E-state index contributed by atoms with van der Waals surface area (Å²) in [6.45, 7) is 0. The Labute approximate surface area is 108 Å². The first-order valence-electron chi connectivity index (χ1n) is 4.81. The Morgan fingerprint density at radius 1 is 1.29 bits per heavy atom. The maximum absolute atomic E-state index is 4.35. The molecule has 88 valence electrons. The van der Waals surface area contributed by atoms with Gasteiger partial charge < -0.3 is 0 Å². The van der Waals surface area contributed by atoms with Gasteiger partial charge in [0.05, 0.1) is 0 Å². The summed E-state index contributed by atoms with van der Waals surface area (Å²) in [5.74, 6) is 1.23. The molecule has 0 aliphatic heterocycles. The van der Waals surface area contributed by atoms with Crippen molar-refractivity contribution in [3.63, 3.8) is 0 Å². The highest BCUT2D eigenvalue weighted by Gasteiger charge is 2.01. The van der Waals surface area contributed by atoms with Gasteiger partial charge in [0.2, 0.25) is 0 Å². The average molecular weight is 265 g/mol. The Bertz CT molecular complexity index is 503. The van der Waals surface area contributed by atoms with Gasteiger partial charge in [-0.25, -0.2) is 9.97 Å². The zero-order chi connectivity index (χ0) is 12.1. The molecule has 2 aromatic rings. The molecule has 0 N–H and O–H groups in total. The van der Waals surface area contributed by atoms with Gasteiger partial charge in [0.15, 0.2) is 0 Å². The first kappa shape index (κ1) is 12.1. The van der Waals surface area contributed by atoms with Crippen LogP contribution in [0.1, 0.15) is 0 Å². The maximum Gasteiger partial charge on any atom is 0.252 e. The summed E-state index contributed by atoms with van der Waals surface area (Å²) in [4.78, 5) is 16.8. The molecule has 17 heavy (non-hydrogen) atoms. The monoisotopic (exact) mass is 265 g/mol. The molecule has 0 saturated heterocycles. The van der Waals surface area contributed by atoms with Crippen molar-refractivity contribution in [3.8, 4) is 5.82 Å². The molecule has 0 aliphatic carbocycles. The molecule has 2 heterocycles. The molecule has 0 aliphatic rings. The van der Waals surface area contributed by atoms with E-state index in [0.29, 0.717) is 5.95 Å². The number of aliphatic imine (C=N–C) groups is 1. The fourth-order valence-corrected chi connectivity index (χ4v) is 2.20. The zero-order valence-electron chi connectivity index (χ0n) is 9.44. The minimum Gasteiger partial charge on any atom is -0.290 e. The molecule has 7 heteroatoms. The lowest BCUT2D eigenvalue weighted by molar-refractivity contribution is 0.969. The van der Waals surface area contributed by atoms with Crippen LogP contribution in [0, 0.1) is 0 Å². The predicted octanol–water partition coefficient (Wildman–Crippen LogP) is 2.38. The summed E-state index contributed by atoms with van der Waals surface area (Å²) in [5, 5.41) is 0. The number of thioether (sulfide) groups is 2. The Balaban J connectivity index is 2.32. The number of imidazole rings is 1. The number of hydrogen-bond donors (Lipinski definition) is 0. The molecule has 0 unspecified atom stereocenters. The van der Waals surface area contributed by atoms with E-state index >= 15 is 0 Å². The van der Waals surface area contributed by atoms with Crippen LogP contribution < -0.4 is 0 Å². The topological polar surface area (TPSA) is 56.0 Å². The summed E-state index contributed by atoms with van der Waals surface area (Å²) in [7, 11) is 0. The van der Waals surface area contributed by atoms with Crippen molar-refractivity contribution >= 4 is 33.8 Å². The molecular formula is C10H11N5S2. The van der Waals surface area contributed by atoms with Crippen molar-refractivity contribution in [1.29, 1.82) is 0 Å². The van der Waals surface area contributed by atoms with Gasteiger partial charge in [-0.15, -0.1) is 23.5 Å².